The van der Waals surface area contributed by atoms with Crippen LogP contribution in [0.3, 0.4) is 0 Å². The predicted octanol–water partition coefficient (Wildman–Crippen LogP) is 6.47. The molecule has 0 bridgehead atoms. The fourth-order valence-corrected chi connectivity index (χ4v) is 9.75. The van der Waals surface area contributed by atoms with Gasteiger partial charge in [-0.1, -0.05) is 0 Å². The van der Waals surface area contributed by atoms with Crippen LogP contribution in [-0.4, -0.2) is 90.1 Å². The Morgan fingerprint density at radius 2 is 1.53 bits per heavy atom. The number of alkyl halides is 2. The van der Waals surface area contributed by atoms with Gasteiger partial charge in [-0.15, -0.1) is 0 Å². The van der Waals surface area contributed by atoms with E-state index >= 15 is 13.2 Å². The summed E-state index contributed by atoms with van der Waals surface area (Å²) in [6.07, 6.45) is 1.51. The highest BCUT2D eigenvalue weighted by Gasteiger charge is 2.47. The van der Waals surface area contributed by atoms with E-state index < -0.39 is 23.8 Å². The molecule has 3 aromatic carbocycles. The number of imide groups is 1. The first-order chi connectivity index (χ1) is 28.7. The maximum Gasteiger partial charge on any atom is 0.329 e. The summed E-state index contributed by atoms with van der Waals surface area (Å²) in [6, 6.07) is 13.4. The molecule has 5 aromatic rings. The molecule has 4 aliphatic rings. The fraction of sp³-hybridized carbons (Fsp3) is 0.432. The molecule has 0 saturated carbocycles. The molecule has 2 aromatic heterocycles. The number of urea groups is 1. The number of anilines is 5. The van der Waals surface area contributed by atoms with Crippen molar-refractivity contribution in [2.75, 3.05) is 72.5 Å². The van der Waals surface area contributed by atoms with Crippen LogP contribution in [0.1, 0.15) is 54.7 Å². The van der Waals surface area contributed by atoms with Gasteiger partial charge in [0.05, 0.1) is 45.4 Å². The Morgan fingerprint density at radius 1 is 0.783 bits per heavy atom. The Balaban J connectivity index is 0.916. The molecule has 0 unspecified atom stereocenters. The summed E-state index contributed by atoms with van der Waals surface area (Å²) in [6.45, 7) is 4.28. The number of amides is 3. The Hall–Kier alpha value is -6.08. The highest BCUT2D eigenvalue weighted by atomic mass is 19.3. The number of hydrogen-bond donors (Lipinski definition) is 1. The van der Waals surface area contributed by atoms with Gasteiger partial charge in [-0.2, -0.15) is 19.1 Å². The van der Waals surface area contributed by atoms with Crippen LogP contribution >= 0.6 is 0 Å². The van der Waals surface area contributed by atoms with E-state index in [4.69, 9.17) is 0 Å². The molecule has 0 spiro atoms. The zero-order chi connectivity index (χ0) is 42.2. The lowest BCUT2D eigenvalue weighted by atomic mass is 9.86. The topological polar surface area (TPSA) is 126 Å². The number of carbonyl (C=O) groups excluding carboxylic acids is 2. The van der Waals surface area contributed by atoms with Crippen LogP contribution in [0.5, 0.6) is 0 Å². The number of likely N-dealkylation sites (tertiary alicyclic amines) is 1. The Labute approximate surface area is 345 Å². The van der Waals surface area contributed by atoms with Crippen LogP contribution < -0.4 is 30.5 Å². The molecule has 0 aliphatic carbocycles. The normalized spacial score (nSPS) is 18.7. The summed E-state index contributed by atoms with van der Waals surface area (Å²) in [5.41, 5.74) is 6.58. The number of rotatable bonds is 6. The summed E-state index contributed by atoms with van der Waals surface area (Å²) >= 11 is 0. The number of likely N-dealkylation sites (N-methyl/N-ethyl adjacent to an activating group) is 1. The quantitative estimate of drug-likeness (QED) is 0.192. The van der Waals surface area contributed by atoms with Gasteiger partial charge >= 0.3 is 12.1 Å². The molecule has 3 amide bonds. The third-order valence-corrected chi connectivity index (χ3v) is 13.2. The number of piperidine rings is 2. The average molecular weight is 821 g/mol. The smallest absolute Gasteiger partial charge is 0.329 e. The highest BCUT2D eigenvalue weighted by Crippen LogP contribution is 2.45. The molecule has 3 fully saturated rings. The van der Waals surface area contributed by atoms with E-state index in [-0.39, 0.29) is 75.2 Å². The molecule has 3 saturated heterocycles. The molecule has 1 N–H and O–H groups in total. The lowest BCUT2D eigenvalue weighted by molar-refractivity contribution is -0.197. The molecular formula is C44H47F3N10O3. The van der Waals surface area contributed by atoms with Crippen molar-refractivity contribution in [3.8, 4) is 6.07 Å². The SMILES string of the molecule is Cc1cc2c(N3CCN(C)c4ccc(C#N)cc43)cc(C3CCN(C(F)(F)C4CCN(c5cc6c(cc5F)c(N5CCC(=O)NC5=O)nn6C)CC4)CC3)cc2n(C)c1=O. The second-order valence-corrected chi connectivity index (χ2v) is 16.7. The third kappa shape index (κ3) is 6.59. The van der Waals surface area contributed by atoms with E-state index in [0.29, 0.717) is 47.1 Å². The lowest BCUT2D eigenvalue weighted by Crippen LogP contribution is -2.53. The van der Waals surface area contributed by atoms with Crippen molar-refractivity contribution < 1.29 is 22.8 Å². The number of nitriles is 1. The second kappa shape index (κ2) is 14.9. The fourth-order valence-electron chi connectivity index (χ4n) is 9.75. The van der Waals surface area contributed by atoms with E-state index in [1.807, 2.05) is 44.3 Å². The summed E-state index contributed by atoms with van der Waals surface area (Å²) in [7, 11) is 5.49. The first-order valence-corrected chi connectivity index (χ1v) is 20.6. The van der Waals surface area contributed by atoms with Gasteiger partial charge in [0.2, 0.25) is 5.91 Å². The van der Waals surface area contributed by atoms with Crippen molar-refractivity contribution in [2.45, 2.75) is 51.0 Å². The van der Waals surface area contributed by atoms with Crippen molar-refractivity contribution in [1.82, 2.24) is 24.6 Å². The zero-order valence-electron chi connectivity index (χ0n) is 34.1. The monoisotopic (exact) mass is 820 g/mol. The van der Waals surface area contributed by atoms with Gasteiger partial charge in [-0.05, 0) is 92.6 Å². The van der Waals surface area contributed by atoms with E-state index in [1.165, 1.54) is 15.9 Å². The Morgan fingerprint density at radius 3 is 2.25 bits per heavy atom. The van der Waals surface area contributed by atoms with Gasteiger partial charge in [0.1, 0.15) is 5.82 Å². The molecule has 13 nitrogen and oxygen atoms in total. The number of aryl methyl sites for hydroxylation is 3. The molecule has 6 heterocycles. The largest absolute Gasteiger partial charge is 0.371 e. The minimum absolute atomic E-state index is 0.00645. The third-order valence-electron chi connectivity index (χ3n) is 13.2. The Bertz CT molecular complexity index is 2670. The first-order valence-electron chi connectivity index (χ1n) is 20.6. The summed E-state index contributed by atoms with van der Waals surface area (Å²) < 4.78 is 51.8. The summed E-state index contributed by atoms with van der Waals surface area (Å²) in [5.74, 6) is -1.57. The van der Waals surface area contributed by atoms with Crippen LogP contribution in [0, 0.1) is 30.0 Å². The van der Waals surface area contributed by atoms with Crippen molar-refractivity contribution in [3.05, 3.63) is 81.4 Å². The summed E-state index contributed by atoms with van der Waals surface area (Å²) in [4.78, 5) is 46.3. The van der Waals surface area contributed by atoms with Crippen molar-refractivity contribution in [3.63, 3.8) is 0 Å². The minimum Gasteiger partial charge on any atom is -0.371 e. The number of halogens is 3. The van der Waals surface area contributed by atoms with E-state index in [1.54, 1.807) is 34.3 Å². The number of hydrogen-bond acceptors (Lipinski definition) is 9. The van der Waals surface area contributed by atoms with E-state index in [0.717, 1.165) is 40.1 Å². The van der Waals surface area contributed by atoms with E-state index in [2.05, 4.69) is 32.4 Å². The summed E-state index contributed by atoms with van der Waals surface area (Å²) in [5, 5.41) is 17.8. The number of nitrogens with one attached hydrogen (secondary N) is 1. The van der Waals surface area contributed by atoms with Crippen LogP contribution in [0.4, 0.5) is 46.5 Å². The molecule has 0 atom stereocenters. The molecule has 60 heavy (non-hydrogen) atoms. The highest BCUT2D eigenvalue weighted by molar-refractivity contribution is 6.09. The number of benzene rings is 3. The van der Waals surface area contributed by atoms with Crippen LogP contribution in [0.15, 0.2) is 53.3 Å². The average Bonchev–Trinajstić information content (AvgIpc) is 3.56. The molecule has 4 aliphatic heterocycles. The Kier molecular flexibility index (Phi) is 9.77. The standard InChI is InChI=1S/C44H47F3N10O3/c1-26-19-31-35(52(3)42(26)59)21-29(22-37(31)56-18-17-51(2)34-6-5-27(25-48)20-39(34)56)28-7-14-55(15-8-28)44(46,47)30-9-12-54(13-10-30)38-24-36-32(23-33(38)45)41(50-53(36)4)57-16-11-40(58)49-43(57)60/h5-6,19-24,28,30H,7-18H2,1-4H3,(H,49,58,60). The lowest BCUT2D eigenvalue weighted by Gasteiger charge is -2.44. The van der Waals surface area contributed by atoms with Crippen molar-refractivity contribution >= 4 is 62.3 Å². The molecule has 0 radical (unpaired) electrons. The number of pyridine rings is 1. The number of carbonyl (C=O) groups is 2. The molecule has 312 valence electrons. The molecule has 16 heteroatoms. The molecular weight excluding hydrogens is 774 g/mol. The maximum absolute atomic E-state index is 16.4. The van der Waals surface area contributed by atoms with Crippen LogP contribution in [0.25, 0.3) is 21.8 Å². The van der Waals surface area contributed by atoms with Crippen LogP contribution in [-0.2, 0) is 18.9 Å². The first kappa shape index (κ1) is 39.4. The minimum atomic E-state index is -3.05. The van der Waals surface area contributed by atoms with Gasteiger partial charge in [0.25, 0.3) is 5.56 Å². The number of aromatic nitrogens is 3. The van der Waals surface area contributed by atoms with Gasteiger partial charge in [-0.25, -0.2) is 14.1 Å². The van der Waals surface area contributed by atoms with Gasteiger partial charge in [0, 0.05) is 95.6 Å². The van der Waals surface area contributed by atoms with Gasteiger partial charge in [-0.3, -0.25) is 24.5 Å². The second-order valence-electron chi connectivity index (χ2n) is 16.7. The van der Waals surface area contributed by atoms with E-state index in [9.17, 15) is 19.6 Å². The predicted molar refractivity (Wildman–Crippen MR) is 225 cm³/mol. The molecule has 9 rings (SSSR count). The van der Waals surface area contributed by atoms with Gasteiger partial charge < -0.3 is 19.3 Å². The van der Waals surface area contributed by atoms with Crippen molar-refractivity contribution in [2.24, 2.45) is 20.0 Å². The number of nitrogens with zero attached hydrogens (tertiary/aromatic N) is 9. The number of fused-ring (bicyclic) bond motifs is 3. The maximum atomic E-state index is 16.4. The zero-order valence-corrected chi connectivity index (χ0v) is 34.1. The van der Waals surface area contributed by atoms with Gasteiger partial charge in [0.15, 0.2) is 5.82 Å². The van der Waals surface area contributed by atoms with Crippen LogP contribution in [0.2, 0.25) is 0 Å². The van der Waals surface area contributed by atoms with Crippen molar-refractivity contribution in [1.29, 1.82) is 5.26 Å².